The molecule has 3 rings (SSSR count). The Labute approximate surface area is 160 Å². The lowest BCUT2D eigenvalue weighted by molar-refractivity contribution is -0.123. The van der Waals surface area contributed by atoms with E-state index in [0.717, 1.165) is 18.5 Å². The molecule has 6 nitrogen and oxygen atoms in total. The van der Waals surface area contributed by atoms with Gasteiger partial charge in [-0.1, -0.05) is 0 Å². The van der Waals surface area contributed by atoms with Crippen LogP contribution in [0, 0.1) is 5.92 Å². The van der Waals surface area contributed by atoms with Gasteiger partial charge >= 0.3 is 0 Å². The monoisotopic (exact) mass is 381 g/mol. The zero-order chi connectivity index (χ0) is 17.6. The molecule has 26 heavy (non-hydrogen) atoms. The number of piperidine rings is 1. The van der Waals surface area contributed by atoms with Crippen molar-refractivity contribution in [1.82, 2.24) is 10.6 Å². The van der Waals surface area contributed by atoms with Crippen molar-refractivity contribution in [2.45, 2.75) is 51.1 Å². The molecule has 0 saturated carbocycles. The lowest BCUT2D eigenvalue weighted by atomic mass is 9.89. The van der Waals surface area contributed by atoms with E-state index in [1.807, 2.05) is 6.92 Å². The van der Waals surface area contributed by atoms with Crippen molar-refractivity contribution in [3.05, 3.63) is 24.3 Å². The smallest absolute Gasteiger partial charge is 0.257 e. The molecular formula is C19H28ClN3O3. The Morgan fingerprint density at radius 2 is 1.77 bits per heavy atom. The number of anilines is 1. The number of fused-ring (bicyclic) bond motifs is 2. The maximum atomic E-state index is 12.3. The van der Waals surface area contributed by atoms with Gasteiger partial charge in [0.2, 0.25) is 5.91 Å². The topological polar surface area (TPSA) is 79.5 Å². The third kappa shape index (κ3) is 5.88. The lowest BCUT2D eigenvalue weighted by Gasteiger charge is -2.28. The Morgan fingerprint density at radius 1 is 1.12 bits per heavy atom. The first-order valence-electron chi connectivity index (χ1n) is 9.18. The summed E-state index contributed by atoms with van der Waals surface area (Å²) in [6.45, 7) is 2.45. The van der Waals surface area contributed by atoms with Gasteiger partial charge in [-0.2, -0.15) is 0 Å². The molecule has 7 heteroatoms. The zero-order valence-corrected chi connectivity index (χ0v) is 15.9. The molecule has 2 unspecified atom stereocenters. The quantitative estimate of drug-likeness (QED) is 0.678. The van der Waals surface area contributed by atoms with Crippen LogP contribution in [0.25, 0.3) is 0 Å². The summed E-state index contributed by atoms with van der Waals surface area (Å²) in [5.74, 6) is 1.02. The van der Waals surface area contributed by atoms with Crippen LogP contribution in [0.5, 0.6) is 5.75 Å². The minimum atomic E-state index is -0.143. The van der Waals surface area contributed by atoms with E-state index >= 15 is 0 Å². The highest BCUT2D eigenvalue weighted by atomic mass is 35.5. The van der Waals surface area contributed by atoms with Crippen LogP contribution in [0.4, 0.5) is 5.69 Å². The van der Waals surface area contributed by atoms with E-state index in [0.29, 0.717) is 36.7 Å². The van der Waals surface area contributed by atoms with Crippen molar-refractivity contribution in [2.24, 2.45) is 5.92 Å². The van der Waals surface area contributed by atoms with Gasteiger partial charge in [0.15, 0.2) is 6.61 Å². The summed E-state index contributed by atoms with van der Waals surface area (Å²) in [6.07, 6.45) is 5.30. The zero-order valence-electron chi connectivity index (χ0n) is 15.1. The second-order valence-electron chi connectivity index (χ2n) is 6.99. The second kappa shape index (κ2) is 9.78. The number of hydrogen-bond acceptors (Lipinski definition) is 4. The summed E-state index contributed by atoms with van der Waals surface area (Å²) in [5.41, 5.74) is 0.757. The Balaban J connectivity index is 0.00000243. The van der Waals surface area contributed by atoms with Crippen molar-refractivity contribution in [3.63, 3.8) is 0 Å². The van der Waals surface area contributed by atoms with Gasteiger partial charge in [-0.15, -0.1) is 12.4 Å². The molecular weight excluding hydrogens is 354 g/mol. The van der Waals surface area contributed by atoms with E-state index in [9.17, 15) is 9.59 Å². The summed E-state index contributed by atoms with van der Waals surface area (Å²) in [7, 11) is 0. The number of hydrogen-bond donors (Lipinski definition) is 3. The molecule has 0 aliphatic carbocycles. The number of halogens is 1. The van der Waals surface area contributed by atoms with Crippen molar-refractivity contribution < 1.29 is 14.3 Å². The normalized spacial score (nSPS) is 23.7. The van der Waals surface area contributed by atoms with E-state index in [4.69, 9.17) is 4.74 Å². The van der Waals surface area contributed by atoms with Crippen molar-refractivity contribution >= 4 is 29.9 Å². The molecule has 2 atom stereocenters. The Hall–Kier alpha value is -1.79. The number of carbonyl (C=O) groups is 2. The molecule has 0 spiro atoms. The number of rotatable bonds is 7. The molecule has 2 bridgehead atoms. The first-order valence-corrected chi connectivity index (χ1v) is 9.18. The third-order valence-electron chi connectivity index (χ3n) is 4.93. The third-order valence-corrected chi connectivity index (χ3v) is 4.93. The maximum Gasteiger partial charge on any atom is 0.257 e. The van der Waals surface area contributed by atoms with Crippen molar-refractivity contribution in [2.75, 3.05) is 18.5 Å². The van der Waals surface area contributed by atoms with Crippen LogP contribution in [0.15, 0.2) is 24.3 Å². The Bertz CT molecular complexity index is 597. The van der Waals surface area contributed by atoms with Gasteiger partial charge in [0.25, 0.3) is 5.91 Å². The van der Waals surface area contributed by atoms with Crippen LogP contribution in [-0.2, 0) is 9.59 Å². The van der Waals surface area contributed by atoms with E-state index in [1.54, 1.807) is 24.3 Å². The average Bonchev–Trinajstić information content (AvgIpc) is 2.93. The van der Waals surface area contributed by atoms with Crippen LogP contribution < -0.4 is 20.7 Å². The van der Waals surface area contributed by atoms with Crippen LogP contribution in [0.3, 0.4) is 0 Å². The summed E-state index contributed by atoms with van der Waals surface area (Å²) in [4.78, 5) is 23.6. The molecule has 2 fully saturated rings. The lowest BCUT2D eigenvalue weighted by Crippen LogP contribution is -2.39. The largest absolute Gasteiger partial charge is 0.484 e. The molecule has 0 radical (unpaired) electrons. The van der Waals surface area contributed by atoms with Gasteiger partial charge in [-0.05, 0) is 62.8 Å². The van der Waals surface area contributed by atoms with Gasteiger partial charge in [-0.3, -0.25) is 9.59 Å². The fourth-order valence-corrected chi connectivity index (χ4v) is 3.85. The SMILES string of the molecule is CCNC(=O)COc1ccc(NC(=O)CC2CC3CCC(C2)N3)cc1.Cl. The van der Waals surface area contributed by atoms with Gasteiger partial charge in [0, 0.05) is 30.7 Å². The highest BCUT2D eigenvalue weighted by Gasteiger charge is 2.34. The van der Waals surface area contributed by atoms with E-state index < -0.39 is 0 Å². The predicted molar refractivity (Wildman–Crippen MR) is 104 cm³/mol. The first kappa shape index (κ1) is 20.5. The van der Waals surface area contributed by atoms with E-state index in [-0.39, 0.29) is 30.8 Å². The molecule has 2 aliphatic heterocycles. The Morgan fingerprint density at radius 3 is 2.38 bits per heavy atom. The second-order valence-corrected chi connectivity index (χ2v) is 6.99. The summed E-state index contributed by atoms with van der Waals surface area (Å²) in [6, 6.07) is 8.35. The van der Waals surface area contributed by atoms with Gasteiger partial charge in [-0.25, -0.2) is 0 Å². The number of amides is 2. The van der Waals surface area contributed by atoms with Crippen LogP contribution in [-0.4, -0.2) is 37.0 Å². The number of likely N-dealkylation sites (N-methyl/N-ethyl adjacent to an activating group) is 1. The van der Waals surface area contributed by atoms with Gasteiger partial charge in [0.05, 0.1) is 0 Å². The fraction of sp³-hybridized carbons (Fsp3) is 0.579. The molecule has 1 aromatic carbocycles. The van der Waals surface area contributed by atoms with Gasteiger partial charge in [0.1, 0.15) is 5.75 Å². The highest BCUT2D eigenvalue weighted by Crippen LogP contribution is 2.32. The van der Waals surface area contributed by atoms with E-state index in [2.05, 4.69) is 16.0 Å². The standard InChI is InChI=1S/C19H27N3O3.ClH/c1-2-20-19(24)12-25-17-7-5-14(6-8-17)22-18(23)11-13-9-15-3-4-16(10-13)21-15;/h5-8,13,15-16,21H,2-4,9-12H2,1H3,(H,20,24)(H,22,23);1H. The molecule has 2 heterocycles. The Kier molecular flexibility index (Phi) is 7.72. The molecule has 2 saturated heterocycles. The van der Waals surface area contributed by atoms with Crippen molar-refractivity contribution in [3.8, 4) is 5.75 Å². The first-order chi connectivity index (χ1) is 12.1. The molecule has 3 N–H and O–H groups in total. The number of nitrogens with one attached hydrogen (secondary N) is 3. The maximum absolute atomic E-state index is 12.3. The number of ether oxygens (including phenoxy) is 1. The van der Waals surface area contributed by atoms with Gasteiger partial charge < -0.3 is 20.7 Å². The molecule has 1 aromatic rings. The fourth-order valence-electron chi connectivity index (χ4n) is 3.85. The molecule has 0 aromatic heterocycles. The molecule has 2 amide bonds. The van der Waals surface area contributed by atoms with E-state index in [1.165, 1.54) is 12.8 Å². The number of carbonyl (C=O) groups excluding carboxylic acids is 2. The van der Waals surface area contributed by atoms with Crippen LogP contribution in [0.2, 0.25) is 0 Å². The van der Waals surface area contributed by atoms with Crippen LogP contribution >= 0.6 is 12.4 Å². The van der Waals surface area contributed by atoms with Crippen LogP contribution in [0.1, 0.15) is 39.0 Å². The minimum Gasteiger partial charge on any atom is -0.484 e. The minimum absolute atomic E-state index is 0. The predicted octanol–water partition coefficient (Wildman–Crippen LogP) is 2.48. The summed E-state index contributed by atoms with van der Waals surface area (Å²) >= 11 is 0. The molecule has 144 valence electrons. The van der Waals surface area contributed by atoms with Crippen molar-refractivity contribution in [1.29, 1.82) is 0 Å². The average molecular weight is 382 g/mol. The summed E-state index contributed by atoms with van der Waals surface area (Å²) in [5, 5.41) is 9.24. The number of benzene rings is 1. The highest BCUT2D eigenvalue weighted by molar-refractivity contribution is 5.90. The molecule has 2 aliphatic rings. The summed E-state index contributed by atoms with van der Waals surface area (Å²) < 4.78 is 5.40.